The van der Waals surface area contributed by atoms with Crippen molar-refractivity contribution in [3.05, 3.63) is 22.6 Å². The van der Waals surface area contributed by atoms with Crippen molar-refractivity contribution in [2.24, 2.45) is 0 Å². The molecule has 0 aliphatic carbocycles. The van der Waals surface area contributed by atoms with E-state index in [0.29, 0.717) is 6.04 Å². The summed E-state index contributed by atoms with van der Waals surface area (Å²) in [5, 5.41) is 4.46. The monoisotopic (exact) mass is 319 g/mol. The molecule has 0 bridgehead atoms. The van der Waals surface area contributed by atoms with Gasteiger partial charge in [-0.3, -0.25) is 9.69 Å². The highest BCUT2D eigenvalue weighted by Crippen LogP contribution is 2.18. The van der Waals surface area contributed by atoms with Crippen LogP contribution in [-0.2, 0) is 6.54 Å². The van der Waals surface area contributed by atoms with Gasteiger partial charge in [0.15, 0.2) is 0 Å². The van der Waals surface area contributed by atoms with E-state index in [2.05, 4.69) is 33.8 Å². The van der Waals surface area contributed by atoms with Crippen LogP contribution < -0.4 is 10.5 Å². The molecule has 6 heteroatoms. The third-order valence-corrected chi connectivity index (χ3v) is 5.23. The first kappa shape index (κ1) is 16.5. The summed E-state index contributed by atoms with van der Waals surface area (Å²) in [4.78, 5) is 19.5. The van der Waals surface area contributed by atoms with Gasteiger partial charge in [-0.2, -0.15) is 5.10 Å². The minimum Gasteiger partial charge on any atom is -0.369 e. The summed E-state index contributed by atoms with van der Waals surface area (Å²) in [7, 11) is 2.15. The summed E-state index contributed by atoms with van der Waals surface area (Å²) >= 11 is 0. The molecule has 0 saturated carbocycles. The molecule has 128 valence electrons. The van der Waals surface area contributed by atoms with E-state index in [9.17, 15) is 4.79 Å². The van der Waals surface area contributed by atoms with Gasteiger partial charge in [-0.15, -0.1) is 0 Å². The number of rotatable bonds is 4. The van der Waals surface area contributed by atoms with Crippen molar-refractivity contribution in [1.29, 1.82) is 0 Å². The van der Waals surface area contributed by atoms with Crippen molar-refractivity contribution >= 4 is 5.69 Å². The van der Waals surface area contributed by atoms with Crippen molar-refractivity contribution < 1.29 is 0 Å². The number of nitrogens with zero attached hydrogens (tertiary/aromatic N) is 5. The van der Waals surface area contributed by atoms with Gasteiger partial charge in [-0.05, 0) is 45.9 Å². The van der Waals surface area contributed by atoms with Crippen LogP contribution in [0.15, 0.2) is 17.1 Å². The normalized spacial score (nSPS) is 24.1. The lowest BCUT2D eigenvalue weighted by atomic mass is 10.2. The molecule has 23 heavy (non-hydrogen) atoms. The third kappa shape index (κ3) is 3.93. The average molecular weight is 319 g/mol. The number of likely N-dealkylation sites (tertiary alicyclic amines) is 1. The molecule has 6 nitrogen and oxygen atoms in total. The summed E-state index contributed by atoms with van der Waals surface area (Å²) in [6.07, 6.45) is 5.40. The highest BCUT2D eigenvalue weighted by Gasteiger charge is 2.24. The summed E-state index contributed by atoms with van der Waals surface area (Å²) in [5.41, 5.74) is 1.00. The maximum atomic E-state index is 12.5. The van der Waals surface area contributed by atoms with Crippen LogP contribution in [-0.4, -0.2) is 71.9 Å². The maximum Gasteiger partial charge on any atom is 0.268 e. The molecule has 2 aliphatic rings. The molecule has 2 saturated heterocycles. The zero-order valence-electron chi connectivity index (χ0n) is 14.4. The van der Waals surface area contributed by atoms with Gasteiger partial charge in [0.1, 0.15) is 0 Å². The Kier molecular flexibility index (Phi) is 5.33. The van der Waals surface area contributed by atoms with Gasteiger partial charge in [0.25, 0.3) is 5.56 Å². The predicted molar refractivity (Wildman–Crippen MR) is 93.1 cm³/mol. The van der Waals surface area contributed by atoms with E-state index < -0.39 is 0 Å². The molecule has 1 aromatic rings. The van der Waals surface area contributed by atoms with Crippen LogP contribution in [0.5, 0.6) is 0 Å². The fourth-order valence-corrected chi connectivity index (χ4v) is 3.76. The van der Waals surface area contributed by atoms with E-state index in [1.54, 1.807) is 10.7 Å². The molecular formula is C17H29N5O. The van der Waals surface area contributed by atoms with Gasteiger partial charge < -0.3 is 9.80 Å². The molecule has 3 rings (SSSR count). The predicted octanol–water partition coefficient (Wildman–Crippen LogP) is 0.870. The summed E-state index contributed by atoms with van der Waals surface area (Å²) in [5.74, 6) is 0. The average Bonchev–Trinajstić information content (AvgIpc) is 2.88. The van der Waals surface area contributed by atoms with Crippen LogP contribution in [0.3, 0.4) is 0 Å². The zero-order chi connectivity index (χ0) is 16.2. The lowest BCUT2D eigenvalue weighted by Gasteiger charge is -2.24. The second kappa shape index (κ2) is 7.45. The Bertz CT molecular complexity index is 572. The molecule has 0 N–H and O–H groups in total. The number of hydrogen-bond acceptors (Lipinski definition) is 5. The molecule has 0 amide bonds. The van der Waals surface area contributed by atoms with Crippen LogP contribution in [0.2, 0.25) is 0 Å². The second-order valence-electron chi connectivity index (χ2n) is 6.80. The molecule has 0 radical (unpaired) electrons. The van der Waals surface area contributed by atoms with E-state index in [4.69, 9.17) is 0 Å². The maximum absolute atomic E-state index is 12.5. The Morgan fingerprint density at radius 1 is 1.17 bits per heavy atom. The molecular weight excluding hydrogens is 290 g/mol. The molecule has 0 aromatic carbocycles. The third-order valence-electron chi connectivity index (χ3n) is 5.23. The fraction of sp³-hybridized carbons (Fsp3) is 0.765. The van der Waals surface area contributed by atoms with E-state index in [0.717, 1.165) is 57.9 Å². The molecule has 1 unspecified atom stereocenters. The van der Waals surface area contributed by atoms with Gasteiger partial charge in [0.05, 0.1) is 18.4 Å². The van der Waals surface area contributed by atoms with Crippen LogP contribution in [0.1, 0.15) is 26.2 Å². The van der Waals surface area contributed by atoms with E-state index >= 15 is 0 Å². The molecule has 1 atom stereocenters. The van der Waals surface area contributed by atoms with Crippen LogP contribution in [0.4, 0.5) is 5.69 Å². The Balaban J connectivity index is 1.69. The van der Waals surface area contributed by atoms with E-state index in [1.165, 1.54) is 12.8 Å². The topological polar surface area (TPSA) is 44.6 Å². The smallest absolute Gasteiger partial charge is 0.268 e. The van der Waals surface area contributed by atoms with Crippen molar-refractivity contribution in [2.45, 2.75) is 38.8 Å². The van der Waals surface area contributed by atoms with E-state index in [-0.39, 0.29) is 5.56 Å². The van der Waals surface area contributed by atoms with Crippen LogP contribution in [0, 0.1) is 0 Å². The number of likely N-dealkylation sites (N-methyl/N-ethyl adjacent to an activating group) is 2. The van der Waals surface area contributed by atoms with Crippen LogP contribution >= 0.6 is 0 Å². The lowest BCUT2D eigenvalue weighted by Crippen LogP contribution is -2.37. The van der Waals surface area contributed by atoms with Crippen molar-refractivity contribution in [2.75, 3.05) is 51.2 Å². The molecule has 0 spiro atoms. The quantitative estimate of drug-likeness (QED) is 0.824. The first-order chi connectivity index (χ1) is 11.2. The summed E-state index contributed by atoms with van der Waals surface area (Å²) in [6.45, 7) is 9.24. The summed E-state index contributed by atoms with van der Waals surface area (Å²) < 4.78 is 1.64. The molecule has 2 aliphatic heterocycles. The van der Waals surface area contributed by atoms with Crippen molar-refractivity contribution in [1.82, 2.24) is 19.6 Å². The highest BCUT2D eigenvalue weighted by atomic mass is 16.1. The van der Waals surface area contributed by atoms with Gasteiger partial charge in [-0.25, -0.2) is 4.68 Å². The minimum absolute atomic E-state index is 0.0306. The zero-order valence-corrected chi connectivity index (χ0v) is 14.4. The van der Waals surface area contributed by atoms with Crippen molar-refractivity contribution in [3.8, 4) is 0 Å². The molecule has 2 fully saturated rings. The Morgan fingerprint density at radius 3 is 2.83 bits per heavy atom. The summed E-state index contributed by atoms with van der Waals surface area (Å²) in [6, 6.07) is 2.23. The Hall–Kier alpha value is -1.40. The first-order valence-corrected chi connectivity index (χ1v) is 8.92. The number of anilines is 1. The van der Waals surface area contributed by atoms with Gasteiger partial charge in [-0.1, -0.05) is 6.92 Å². The SMILES string of the molecule is CCN1CCCC1Cn1ncc(N2CCCN(C)CC2)cc1=O. The van der Waals surface area contributed by atoms with Gasteiger partial charge >= 0.3 is 0 Å². The Morgan fingerprint density at radius 2 is 2.04 bits per heavy atom. The van der Waals surface area contributed by atoms with Crippen molar-refractivity contribution in [3.63, 3.8) is 0 Å². The first-order valence-electron chi connectivity index (χ1n) is 8.92. The number of aromatic nitrogens is 2. The lowest BCUT2D eigenvalue weighted by molar-refractivity contribution is 0.235. The van der Waals surface area contributed by atoms with Gasteiger partial charge in [0, 0.05) is 31.7 Å². The van der Waals surface area contributed by atoms with Crippen LogP contribution in [0.25, 0.3) is 0 Å². The minimum atomic E-state index is 0.0306. The second-order valence-corrected chi connectivity index (χ2v) is 6.80. The largest absolute Gasteiger partial charge is 0.369 e. The van der Waals surface area contributed by atoms with E-state index in [1.807, 2.05) is 6.20 Å². The fourth-order valence-electron chi connectivity index (χ4n) is 3.76. The number of hydrogen-bond donors (Lipinski definition) is 0. The highest BCUT2D eigenvalue weighted by molar-refractivity contribution is 5.43. The molecule has 1 aromatic heterocycles. The van der Waals surface area contributed by atoms with Gasteiger partial charge in [0.2, 0.25) is 0 Å². The standard InChI is InChI=1S/C17H29N5O/c1-3-20-8-4-6-15(20)14-22-17(23)12-16(13-18-22)21-9-5-7-19(2)10-11-21/h12-13,15H,3-11,14H2,1-2H3. The molecule has 3 heterocycles. The Labute approximate surface area is 138 Å².